The summed E-state index contributed by atoms with van der Waals surface area (Å²) in [5.74, 6) is 7.94. The lowest BCUT2D eigenvalue weighted by Crippen LogP contribution is -2.19. The highest BCUT2D eigenvalue weighted by atomic mass is 15.3. The van der Waals surface area contributed by atoms with Crippen molar-refractivity contribution in [2.75, 3.05) is 10.7 Å². The van der Waals surface area contributed by atoms with E-state index in [4.69, 9.17) is 5.84 Å². The zero-order valence-electron chi connectivity index (χ0n) is 11.9. The first-order valence-corrected chi connectivity index (χ1v) is 6.73. The molecule has 0 saturated heterocycles. The first-order valence-electron chi connectivity index (χ1n) is 6.73. The second-order valence-electron chi connectivity index (χ2n) is 4.69. The summed E-state index contributed by atoms with van der Waals surface area (Å²) in [4.78, 5) is 8.98. The number of hydrazine groups is 1. The topological polar surface area (TPSA) is 75.9 Å². The van der Waals surface area contributed by atoms with E-state index in [2.05, 4.69) is 41.5 Å². The van der Waals surface area contributed by atoms with Crippen molar-refractivity contribution < 1.29 is 0 Å². The van der Waals surface area contributed by atoms with Crippen molar-refractivity contribution >= 4 is 11.6 Å². The summed E-state index contributed by atoms with van der Waals surface area (Å²) in [6, 6.07) is 0.406. The molecule has 1 heterocycles. The first-order chi connectivity index (χ1) is 8.62. The number of aromatic nitrogens is 2. The second-order valence-corrected chi connectivity index (χ2v) is 4.69. The summed E-state index contributed by atoms with van der Waals surface area (Å²) in [7, 11) is 0. The highest BCUT2D eigenvalue weighted by molar-refractivity contribution is 5.57. The van der Waals surface area contributed by atoms with Gasteiger partial charge in [-0.05, 0) is 26.7 Å². The number of aryl methyl sites for hydroxylation is 1. The summed E-state index contributed by atoms with van der Waals surface area (Å²) in [5.41, 5.74) is 3.62. The van der Waals surface area contributed by atoms with Crippen LogP contribution in [0.5, 0.6) is 0 Å². The maximum absolute atomic E-state index is 5.51. The predicted molar refractivity (Wildman–Crippen MR) is 76.6 cm³/mol. The third kappa shape index (κ3) is 3.84. The van der Waals surface area contributed by atoms with Crippen LogP contribution in [0.1, 0.15) is 51.4 Å². The summed E-state index contributed by atoms with van der Waals surface area (Å²) >= 11 is 0. The summed E-state index contributed by atoms with van der Waals surface area (Å²) in [6.07, 6.45) is 4.17. The van der Waals surface area contributed by atoms with Crippen LogP contribution in [0.3, 0.4) is 0 Å². The van der Waals surface area contributed by atoms with Gasteiger partial charge in [0.1, 0.15) is 17.5 Å². The van der Waals surface area contributed by atoms with Crippen LogP contribution in [0.4, 0.5) is 11.6 Å². The maximum Gasteiger partial charge on any atom is 0.148 e. The fourth-order valence-corrected chi connectivity index (χ4v) is 1.92. The normalized spacial score (nSPS) is 12.3. The molecule has 102 valence electrons. The van der Waals surface area contributed by atoms with Gasteiger partial charge in [0.2, 0.25) is 0 Å². The van der Waals surface area contributed by atoms with Gasteiger partial charge in [0, 0.05) is 18.0 Å². The highest BCUT2D eigenvalue weighted by Gasteiger charge is 2.11. The molecule has 1 aromatic rings. The largest absolute Gasteiger partial charge is 0.367 e. The monoisotopic (exact) mass is 251 g/mol. The van der Waals surface area contributed by atoms with Crippen LogP contribution in [0.15, 0.2) is 0 Å². The Labute approximate surface area is 110 Å². The van der Waals surface area contributed by atoms with E-state index in [0.29, 0.717) is 11.9 Å². The number of nitrogens with one attached hydrogen (secondary N) is 2. The maximum atomic E-state index is 5.51. The molecule has 1 atom stereocenters. The van der Waals surface area contributed by atoms with Crippen LogP contribution in [-0.2, 0) is 6.42 Å². The lowest BCUT2D eigenvalue weighted by atomic mass is 10.2. The molecule has 5 heteroatoms. The van der Waals surface area contributed by atoms with Crippen molar-refractivity contribution in [3.8, 4) is 0 Å². The van der Waals surface area contributed by atoms with E-state index < -0.39 is 0 Å². The minimum absolute atomic E-state index is 0.406. The van der Waals surface area contributed by atoms with Crippen molar-refractivity contribution in [3.05, 3.63) is 11.4 Å². The van der Waals surface area contributed by atoms with Crippen LogP contribution < -0.4 is 16.6 Å². The molecule has 1 rings (SSSR count). The van der Waals surface area contributed by atoms with Crippen molar-refractivity contribution in [2.45, 2.75) is 59.4 Å². The summed E-state index contributed by atoms with van der Waals surface area (Å²) < 4.78 is 0. The molecule has 0 spiro atoms. The Balaban J connectivity index is 2.96. The number of nitrogens with zero attached hydrogens (tertiary/aromatic N) is 2. The van der Waals surface area contributed by atoms with E-state index >= 15 is 0 Å². The molecule has 0 saturated carbocycles. The minimum Gasteiger partial charge on any atom is -0.367 e. The SMILES string of the molecule is CCCc1nc(NN)c(C)c(NC(C)CCC)n1. The Morgan fingerprint density at radius 2 is 1.83 bits per heavy atom. The van der Waals surface area contributed by atoms with E-state index in [1.54, 1.807) is 0 Å². The van der Waals surface area contributed by atoms with Gasteiger partial charge in [-0.1, -0.05) is 20.3 Å². The van der Waals surface area contributed by atoms with E-state index in [9.17, 15) is 0 Å². The van der Waals surface area contributed by atoms with Gasteiger partial charge in [-0.3, -0.25) is 0 Å². The summed E-state index contributed by atoms with van der Waals surface area (Å²) in [5, 5.41) is 3.44. The number of anilines is 2. The van der Waals surface area contributed by atoms with Gasteiger partial charge in [0.05, 0.1) is 0 Å². The third-order valence-corrected chi connectivity index (χ3v) is 2.91. The van der Waals surface area contributed by atoms with Gasteiger partial charge in [-0.2, -0.15) is 0 Å². The molecule has 0 fully saturated rings. The lowest BCUT2D eigenvalue weighted by Gasteiger charge is -2.17. The number of nitrogens with two attached hydrogens (primary N) is 1. The van der Waals surface area contributed by atoms with Gasteiger partial charge < -0.3 is 10.7 Å². The molecule has 0 amide bonds. The molecule has 0 aliphatic rings. The van der Waals surface area contributed by atoms with Crippen molar-refractivity contribution in [3.63, 3.8) is 0 Å². The molecule has 5 nitrogen and oxygen atoms in total. The van der Waals surface area contributed by atoms with Gasteiger partial charge in [-0.25, -0.2) is 15.8 Å². The predicted octanol–water partition coefficient (Wildman–Crippen LogP) is 2.62. The number of hydrogen-bond donors (Lipinski definition) is 3. The smallest absolute Gasteiger partial charge is 0.148 e. The first kappa shape index (κ1) is 14.7. The molecule has 1 aromatic heterocycles. The van der Waals surface area contributed by atoms with Crippen molar-refractivity contribution in [1.29, 1.82) is 0 Å². The number of nitrogen functional groups attached to an aromatic ring is 1. The number of rotatable bonds is 7. The van der Waals surface area contributed by atoms with E-state index in [1.165, 1.54) is 0 Å². The average molecular weight is 251 g/mol. The van der Waals surface area contributed by atoms with Crippen molar-refractivity contribution in [2.24, 2.45) is 5.84 Å². The fraction of sp³-hybridized carbons (Fsp3) is 0.692. The van der Waals surface area contributed by atoms with Crippen LogP contribution in [0, 0.1) is 6.92 Å². The van der Waals surface area contributed by atoms with Crippen LogP contribution in [0.2, 0.25) is 0 Å². The lowest BCUT2D eigenvalue weighted by molar-refractivity contribution is 0.684. The molecule has 1 unspecified atom stereocenters. The standard InChI is InChI=1S/C13H25N5/c1-5-7-9(3)15-12-10(4)13(18-14)17-11(16-12)8-6-2/h9H,5-8,14H2,1-4H3,(H2,15,16,17,18). The van der Waals surface area contributed by atoms with Crippen LogP contribution >= 0.6 is 0 Å². The van der Waals surface area contributed by atoms with Crippen LogP contribution in [-0.4, -0.2) is 16.0 Å². The molecular weight excluding hydrogens is 226 g/mol. The van der Waals surface area contributed by atoms with Gasteiger partial charge >= 0.3 is 0 Å². The highest BCUT2D eigenvalue weighted by Crippen LogP contribution is 2.21. The molecule has 0 radical (unpaired) electrons. The van der Waals surface area contributed by atoms with E-state index in [1.807, 2.05) is 6.92 Å². The van der Waals surface area contributed by atoms with Crippen LogP contribution in [0.25, 0.3) is 0 Å². The van der Waals surface area contributed by atoms with Gasteiger partial charge in [-0.15, -0.1) is 0 Å². The Hall–Kier alpha value is -1.36. The Morgan fingerprint density at radius 1 is 1.17 bits per heavy atom. The molecular formula is C13H25N5. The van der Waals surface area contributed by atoms with Gasteiger partial charge in [0.15, 0.2) is 0 Å². The van der Waals surface area contributed by atoms with Crippen molar-refractivity contribution in [1.82, 2.24) is 9.97 Å². The molecule has 18 heavy (non-hydrogen) atoms. The zero-order valence-corrected chi connectivity index (χ0v) is 11.9. The van der Waals surface area contributed by atoms with E-state index in [-0.39, 0.29) is 0 Å². The molecule has 4 N–H and O–H groups in total. The molecule has 0 bridgehead atoms. The fourth-order valence-electron chi connectivity index (χ4n) is 1.92. The molecule has 0 aromatic carbocycles. The Morgan fingerprint density at radius 3 is 2.39 bits per heavy atom. The Bertz CT molecular complexity index is 378. The molecule has 0 aliphatic carbocycles. The van der Waals surface area contributed by atoms with E-state index in [0.717, 1.165) is 42.9 Å². The minimum atomic E-state index is 0.406. The molecule has 0 aliphatic heterocycles. The summed E-state index contributed by atoms with van der Waals surface area (Å²) in [6.45, 7) is 8.44. The van der Waals surface area contributed by atoms with Gasteiger partial charge in [0.25, 0.3) is 0 Å². The zero-order chi connectivity index (χ0) is 13.5. The second kappa shape index (κ2) is 7.16. The third-order valence-electron chi connectivity index (χ3n) is 2.91. The number of hydrogen-bond acceptors (Lipinski definition) is 5. The quantitative estimate of drug-likeness (QED) is 0.513. The average Bonchev–Trinajstić information content (AvgIpc) is 2.33. The Kier molecular flexibility index (Phi) is 5.85.